The molecule has 1 spiro atoms. The van der Waals surface area contributed by atoms with Crippen LogP contribution in [0.2, 0.25) is 0 Å². The molecule has 0 aromatic heterocycles. The number of rotatable bonds is 1. The monoisotopic (exact) mass is 176 g/mol. The minimum Gasteiger partial charge on any atom is -0.481 e. The molecule has 0 aromatic rings. The highest BCUT2D eigenvalue weighted by Crippen LogP contribution is 2.66. The van der Waals surface area contributed by atoms with Crippen LogP contribution < -0.4 is 0 Å². The Balaban J connectivity index is 2.00. The third kappa shape index (κ3) is 0.753. The smallest absolute Gasteiger partial charge is 0.306 e. The maximum absolute atomic E-state index is 12.9. The predicted octanol–water partition coefficient (Wildman–Crippen LogP) is 1.90. The standard InChI is InChI=1S/C8H10F2O2/c9-8(10)2-1-7(8)3-5(4-7)6(11)12/h5H,1-4H2,(H,11,12). The first-order valence-electron chi connectivity index (χ1n) is 4.08. The quantitative estimate of drug-likeness (QED) is 0.662. The molecule has 0 radical (unpaired) electrons. The third-order valence-electron chi connectivity index (χ3n) is 3.32. The fourth-order valence-corrected chi connectivity index (χ4v) is 2.23. The van der Waals surface area contributed by atoms with Crippen LogP contribution in [0.1, 0.15) is 25.7 Å². The average Bonchev–Trinajstić information content (AvgIpc) is 1.81. The molecule has 4 heteroatoms. The van der Waals surface area contributed by atoms with Crippen LogP contribution in [0.15, 0.2) is 0 Å². The zero-order valence-electron chi connectivity index (χ0n) is 6.52. The summed E-state index contributed by atoms with van der Waals surface area (Å²) in [6, 6.07) is 0. The van der Waals surface area contributed by atoms with Crippen molar-refractivity contribution < 1.29 is 18.7 Å². The van der Waals surface area contributed by atoms with Crippen molar-refractivity contribution in [3.05, 3.63) is 0 Å². The highest BCUT2D eigenvalue weighted by atomic mass is 19.3. The molecule has 2 aliphatic carbocycles. The van der Waals surface area contributed by atoms with E-state index in [0.717, 1.165) is 0 Å². The summed E-state index contributed by atoms with van der Waals surface area (Å²) in [5.74, 6) is -4.03. The van der Waals surface area contributed by atoms with E-state index < -0.39 is 23.2 Å². The number of halogens is 2. The number of carboxylic acids is 1. The van der Waals surface area contributed by atoms with Crippen molar-refractivity contribution >= 4 is 5.97 Å². The average molecular weight is 176 g/mol. The van der Waals surface area contributed by atoms with E-state index >= 15 is 0 Å². The van der Waals surface area contributed by atoms with Crippen LogP contribution in [0.25, 0.3) is 0 Å². The van der Waals surface area contributed by atoms with Crippen LogP contribution in [0, 0.1) is 11.3 Å². The maximum Gasteiger partial charge on any atom is 0.306 e. The molecule has 2 aliphatic rings. The zero-order chi connectivity index (χ0) is 8.98. The maximum atomic E-state index is 12.9. The van der Waals surface area contributed by atoms with Gasteiger partial charge in [0.2, 0.25) is 0 Å². The number of hydrogen-bond donors (Lipinski definition) is 1. The minimum absolute atomic E-state index is 0.0562. The lowest BCUT2D eigenvalue weighted by atomic mass is 9.49. The first kappa shape index (κ1) is 7.95. The fraction of sp³-hybridized carbons (Fsp3) is 0.875. The predicted molar refractivity (Wildman–Crippen MR) is 37.0 cm³/mol. The van der Waals surface area contributed by atoms with Gasteiger partial charge in [0.1, 0.15) is 0 Å². The van der Waals surface area contributed by atoms with Crippen molar-refractivity contribution in [2.45, 2.75) is 31.6 Å². The minimum atomic E-state index is -2.58. The largest absolute Gasteiger partial charge is 0.481 e. The van der Waals surface area contributed by atoms with Crippen LogP contribution in [-0.2, 0) is 4.79 Å². The molecule has 12 heavy (non-hydrogen) atoms. The molecular weight excluding hydrogens is 166 g/mol. The summed E-state index contributed by atoms with van der Waals surface area (Å²) >= 11 is 0. The van der Waals surface area contributed by atoms with Crippen molar-refractivity contribution in [1.29, 1.82) is 0 Å². The second-order valence-electron chi connectivity index (χ2n) is 3.93. The summed E-state index contributed by atoms with van der Waals surface area (Å²) in [5, 5.41) is 8.51. The van der Waals surface area contributed by atoms with Gasteiger partial charge in [-0.1, -0.05) is 0 Å². The lowest BCUT2D eigenvalue weighted by Gasteiger charge is -2.57. The van der Waals surface area contributed by atoms with Gasteiger partial charge in [0.25, 0.3) is 5.92 Å². The topological polar surface area (TPSA) is 37.3 Å². The van der Waals surface area contributed by atoms with Gasteiger partial charge in [0, 0.05) is 11.8 Å². The van der Waals surface area contributed by atoms with Gasteiger partial charge in [-0.2, -0.15) is 0 Å². The van der Waals surface area contributed by atoms with Gasteiger partial charge in [-0.15, -0.1) is 0 Å². The van der Waals surface area contributed by atoms with Gasteiger partial charge in [0.05, 0.1) is 5.92 Å². The van der Waals surface area contributed by atoms with Crippen LogP contribution >= 0.6 is 0 Å². The molecule has 0 bridgehead atoms. The van der Waals surface area contributed by atoms with Crippen LogP contribution in [0.3, 0.4) is 0 Å². The molecular formula is C8H10F2O2. The second-order valence-corrected chi connectivity index (χ2v) is 3.93. The Labute approximate surface area is 68.6 Å². The molecule has 0 amide bonds. The van der Waals surface area contributed by atoms with Gasteiger partial charge in [-0.25, -0.2) is 8.78 Å². The molecule has 68 valence electrons. The molecule has 2 fully saturated rings. The summed E-state index contributed by atoms with van der Waals surface area (Å²) in [6.07, 6.45) is 0.799. The number of carbonyl (C=O) groups is 1. The Bertz CT molecular complexity index is 231. The summed E-state index contributed by atoms with van der Waals surface area (Å²) in [6.45, 7) is 0. The van der Waals surface area contributed by atoms with E-state index in [-0.39, 0.29) is 19.3 Å². The molecule has 2 rings (SSSR count). The Morgan fingerprint density at radius 2 is 1.92 bits per heavy atom. The number of aliphatic carboxylic acids is 1. The van der Waals surface area contributed by atoms with E-state index in [1.807, 2.05) is 0 Å². The van der Waals surface area contributed by atoms with Crippen molar-refractivity contribution in [3.8, 4) is 0 Å². The van der Waals surface area contributed by atoms with Gasteiger partial charge < -0.3 is 5.11 Å². The SMILES string of the molecule is O=C(O)C1CC2(CCC2(F)F)C1. The van der Waals surface area contributed by atoms with E-state index in [2.05, 4.69) is 0 Å². The number of carboxylic acid groups (broad SMARTS) is 1. The Hall–Kier alpha value is -0.670. The molecule has 2 saturated carbocycles. The normalized spacial score (nSPS) is 43.3. The van der Waals surface area contributed by atoms with Crippen molar-refractivity contribution in [2.75, 3.05) is 0 Å². The van der Waals surface area contributed by atoms with Crippen LogP contribution in [0.4, 0.5) is 8.78 Å². The summed E-state index contributed by atoms with van der Waals surface area (Å²) in [7, 11) is 0. The summed E-state index contributed by atoms with van der Waals surface area (Å²) in [5.41, 5.74) is -0.921. The first-order valence-corrected chi connectivity index (χ1v) is 4.08. The highest BCUT2D eigenvalue weighted by molar-refractivity contribution is 5.71. The van der Waals surface area contributed by atoms with Crippen molar-refractivity contribution in [1.82, 2.24) is 0 Å². The van der Waals surface area contributed by atoms with Gasteiger partial charge in [-0.3, -0.25) is 4.79 Å². The van der Waals surface area contributed by atoms with Crippen molar-refractivity contribution in [3.63, 3.8) is 0 Å². The van der Waals surface area contributed by atoms with Gasteiger partial charge in [-0.05, 0) is 19.3 Å². The molecule has 2 nitrogen and oxygen atoms in total. The lowest BCUT2D eigenvalue weighted by Crippen LogP contribution is -2.59. The molecule has 0 aliphatic heterocycles. The zero-order valence-corrected chi connectivity index (χ0v) is 6.52. The van der Waals surface area contributed by atoms with Gasteiger partial charge in [0.15, 0.2) is 0 Å². The fourth-order valence-electron chi connectivity index (χ4n) is 2.23. The summed E-state index contributed by atoms with van der Waals surface area (Å²) < 4.78 is 25.8. The number of hydrogen-bond acceptors (Lipinski definition) is 1. The molecule has 1 N–H and O–H groups in total. The van der Waals surface area contributed by atoms with E-state index in [0.29, 0.717) is 6.42 Å². The highest BCUT2D eigenvalue weighted by Gasteiger charge is 2.67. The molecule has 0 aromatic carbocycles. The van der Waals surface area contributed by atoms with E-state index in [9.17, 15) is 13.6 Å². The summed E-state index contributed by atoms with van der Waals surface area (Å²) in [4.78, 5) is 10.4. The number of alkyl halides is 2. The van der Waals surface area contributed by atoms with Crippen LogP contribution in [0.5, 0.6) is 0 Å². The Morgan fingerprint density at radius 3 is 2.17 bits per heavy atom. The Kier molecular flexibility index (Phi) is 1.31. The molecule has 0 unspecified atom stereocenters. The second kappa shape index (κ2) is 1.98. The van der Waals surface area contributed by atoms with Crippen LogP contribution in [-0.4, -0.2) is 17.0 Å². The molecule has 0 atom stereocenters. The van der Waals surface area contributed by atoms with E-state index in [1.165, 1.54) is 0 Å². The lowest BCUT2D eigenvalue weighted by molar-refractivity contribution is -0.253. The van der Waals surface area contributed by atoms with E-state index in [4.69, 9.17) is 5.11 Å². The molecule has 0 heterocycles. The molecule has 0 saturated heterocycles. The first-order chi connectivity index (χ1) is 5.47. The van der Waals surface area contributed by atoms with E-state index in [1.54, 1.807) is 0 Å². The Morgan fingerprint density at radius 1 is 1.33 bits per heavy atom. The van der Waals surface area contributed by atoms with Crippen molar-refractivity contribution in [2.24, 2.45) is 11.3 Å². The van der Waals surface area contributed by atoms with Gasteiger partial charge >= 0.3 is 5.97 Å². The third-order valence-corrected chi connectivity index (χ3v) is 3.32.